The van der Waals surface area contributed by atoms with Crippen molar-refractivity contribution in [2.24, 2.45) is 0 Å². The van der Waals surface area contributed by atoms with Gasteiger partial charge >= 0.3 is 5.91 Å². The summed E-state index contributed by atoms with van der Waals surface area (Å²) in [5, 5.41) is 6.18. The molecule has 90 valence electrons. The van der Waals surface area contributed by atoms with Gasteiger partial charge in [0, 0.05) is 6.07 Å². The molecule has 0 bridgehead atoms. The van der Waals surface area contributed by atoms with Crippen LogP contribution in [-0.4, -0.2) is 16.0 Å². The Morgan fingerprint density at radius 2 is 2.17 bits per heavy atom. The molecule has 3 rings (SSSR count). The van der Waals surface area contributed by atoms with Gasteiger partial charge in [-0.15, -0.1) is 0 Å². The number of nitrogens with one attached hydrogen (secondary N) is 1. The van der Waals surface area contributed by atoms with Crippen LogP contribution in [0.1, 0.15) is 16.4 Å². The number of benzene rings is 1. The number of hydrogen-bond donors (Lipinski definition) is 1. The zero-order chi connectivity index (χ0) is 12.5. The molecule has 0 radical (unpaired) electrons. The second kappa shape index (κ2) is 3.99. The number of carbonyl (C=O) groups excluding carboxylic acids is 1. The SMILES string of the molecule is Cc1cc(NC(=O)c2nc3ccccc3o2)on1. The smallest absolute Gasteiger partial charge is 0.313 e. The van der Waals surface area contributed by atoms with E-state index in [1.165, 1.54) is 0 Å². The molecule has 1 N–H and O–H groups in total. The number of anilines is 1. The fourth-order valence-corrected chi connectivity index (χ4v) is 1.56. The van der Waals surface area contributed by atoms with Crippen molar-refractivity contribution in [2.75, 3.05) is 5.32 Å². The summed E-state index contributed by atoms with van der Waals surface area (Å²) in [6, 6.07) is 8.77. The average molecular weight is 243 g/mol. The van der Waals surface area contributed by atoms with Crippen molar-refractivity contribution >= 4 is 22.9 Å². The Bertz CT molecular complexity index is 681. The van der Waals surface area contributed by atoms with Gasteiger partial charge in [-0.1, -0.05) is 17.3 Å². The monoisotopic (exact) mass is 243 g/mol. The molecule has 0 aliphatic rings. The first kappa shape index (κ1) is 10.5. The molecule has 3 aromatic rings. The number of rotatable bonds is 2. The summed E-state index contributed by atoms with van der Waals surface area (Å²) in [5.74, 6) is -0.215. The maximum Gasteiger partial charge on any atom is 0.313 e. The van der Waals surface area contributed by atoms with E-state index in [0.29, 0.717) is 16.8 Å². The van der Waals surface area contributed by atoms with Gasteiger partial charge in [0.2, 0.25) is 5.88 Å². The largest absolute Gasteiger partial charge is 0.432 e. The van der Waals surface area contributed by atoms with Crippen LogP contribution in [0.3, 0.4) is 0 Å². The van der Waals surface area contributed by atoms with Crippen molar-refractivity contribution in [3.63, 3.8) is 0 Å². The van der Waals surface area contributed by atoms with Gasteiger partial charge < -0.3 is 8.94 Å². The minimum absolute atomic E-state index is 0.00902. The third kappa shape index (κ3) is 1.84. The zero-order valence-corrected chi connectivity index (χ0v) is 9.51. The number of carbonyl (C=O) groups is 1. The molecule has 1 aromatic carbocycles. The topological polar surface area (TPSA) is 81.2 Å². The molecule has 0 fully saturated rings. The van der Waals surface area contributed by atoms with Gasteiger partial charge in [-0.25, -0.2) is 4.98 Å². The molecule has 0 atom stereocenters. The Hall–Kier alpha value is -2.63. The number of oxazole rings is 1. The maximum absolute atomic E-state index is 11.8. The Balaban J connectivity index is 1.87. The molecule has 2 aromatic heterocycles. The lowest BCUT2D eigenvalue weighted by Crippen LogP contribution is -2.11. The van der Waals surface area contributed by atoms with Gasteiger partial charge in [0.05, 0.1) is 5.69 Å². The Kier molecular flexibility index (Phi) is 2.33. The lowest BCUT2D eigenvalue weighted by molar-refractivity contribution is 0.0989. The molecule has 0 saturated heterocycles. The van der Waals surface area contributed by atoms with Crippen molar-refractivity contribution in [1.29, 1.82) is 0 Å². The molecule has 6 nitrogen and oxygen atoms in total. The lowest BCUT2D eigenvalue weighted by Gasteiger charge is -1.94. The number of fused-ring (bicyclic) bond motifs is 1. The molecular formula is C12H9N3O3. The maximum atomic E-state index is 11.8. The highest BCUT2D eigenvalue weighted by Crippen LogP contribution is 2.16. The molecule has 0 unspecified atom stereocenters. The summed E-state index contributed by atoms with van der Waals surface area (Å²) < 4.78 is 10.2. The number of nitrogens with zero attached hydrogens (tertiary/aromatic N) is 2. The highest BCUT2D eigenvalue weighted by Gasteiger charge is 2.15. The van der Waals surface area contributed by atoms with E-state index in [1.807, 2.05) is 12.1 Å². The van der Waals surface area contributed by atoms with Crippen molar-refractivity contribution in [2.45, 2.75) is 6.92 Å². The minimum Gasteiger partial charge on any atom is -0.432 e. The summed E-state index contributed by atoms with van der Waals surface area (Å²) in [5.41, 5.74) is 1.88. The van der Waals surface area contributed by atoms with E-state index in [1.54, 1.807) is 25.1 Å². The zero-order valence-electron chi connectivity index (χ0n) is 9.51. The van der Waals surface area contributed by atoms with E-state index in [0.717, 1.165) is 0 Å². The van der Waals surface area contributed by atoms with Crippen LogP contribution in [-0.2, 0) is 0 Å². The van der Waals surface area contributed by atoms with Gasteiger partial charge in [-0.2, -0.15) is 0 Å². The fraction of sp³-hybridized carbons (Fsp3) is 0.0833. The molecular weight excluding hydrogens is 234 g/mol. The predicted octanol–water partition coefficient (Wildman–Crippen LogP) is 2.38. The lowest BCUT2D eigenvalue weighted by atomic mass is 10.3. The number of aryl methyl sites for hydroxylation is 1. The summed E-state index contributed by atoms with van der Waals surface area (Å²) in [4.78, 5) is 15.9. The van der Waals surface area contributed by atoms with Gasteiger partial charge in [-0.3, -0.25) is 10.1 Å². The van der Waals surface area contributed by atoms with Crippen molar-refractivity contribution in [3.8, 4) is 0 Å². The van der Waals surface area contributed by atoms with Crippen LogP contribution in [0, 0.1) is 6.92 Å². The van der Waals surface area contributed by atoms with E-state index in [2.05, 4.69) is 15.5 Å². The van der Waals surface area contributed by atoms with E-state index in [9.17, 15) is 4.79 Å². The molecule has 2 heterocycles. The third-order valence-corrected chi connectivity index (χ3v) is 2.35. The molecule has 0 aliphatic carbocycles. The van der Waals surface area contributed by atoms with Crippen molar-refractivity contribution in [3.05, 3.63) is 41.9 Å². The van der Waals surface area contributed by atoms with Crippen molar-refractivity contribution in [1.82, 2.24) is 10.1 Å². The van der Waals surface area contributed by atoms with Crippen LogP contribution in [0.15, 0.2) is 39.3 Å². The second-order valence-electron chi connectivity index (χ2n) is 3.77. The Labute approximate surface area is 102 Å². The van der Waals surface area contributed by atoms with Crippen LogP contribution in [0.2, 0.25) is 0 Å². The van der Waals surface area contributed by atoms with Crippen LogP contribution in [0.25, 0.3) is 11.1 Å². The minimum atomic E-state index is -0.470. The van der Waals surface area contributed by atoms with Gasteiger partial charge in [0.25, 0.3) is 5.89 Å². The predicted molar refractivity (Wildman–Crippen MR) is 63.2 cm³/mol. The van der Waals surface area contributed by atoms with E-state index in [-0.39, 0.29) is 11.8 Å². The molecule has 18 heavy (non-hydrogen) atoms. The molecule has 0 spiro atoms. The highest BCUT2D eigenvalue weighted by atomic mass is 16.5. The number of aromatic nitrogens is 2. The van der Waals surface area contributed by atoms with E-state index in [4.69, 9.17) is 8.94 Å². The molecule has 0 aliphatic heterocycles. The van der Waals surface area contributed by atoms with Crippen LogP contribution in [0.4, 0.5) is 5.88 Å². The summed E-state index contributed by atoms with van der Waals surface area (Å²) in [6.45, 7) is 1.76. The Morgan fingerprint density at radius 3 is 2.89 bits per heavy atom. The average Bonchev–Trinajstić information content (AvgIpc) is 2.95. The van der Waals surface area contributed by atoms with Gasteiger partial charge in [0.15, 0.2) is 5.58 Å². The normalized spacial score (nSPS) is 10.7. The van der Waals surface area contributed by atoms with Crippen LogP contribution >= 0.6 is 0 Å². The van der Waals surface area contributed by atoms with Crippen LogP contribution < -0.4 is 5.32 Å². The Morgan fingerprint density at radius 1 is 1.33 bits per heavy atom. The first-order valence-electron chi connectivity index (χ1n) is 5.32. The third-order valence-electron chi connectivity index (χ3n) is 2.35. The van der Waals surface area contributed by atoms with Gasteiger partial charge in [0.1, 0.15) is 5.52 Å². The molecule has 0 saturated carbocycles. The molecule has 6 heteroatoms. The van der Waals surface area contributed by atoms with E-state index < -0.39 is 5.91 Å². The number of hydrogen-bond acceptors (Lipinski definition) is 5. The second-order valence-corrected chi connectivity index (χ2v) is 3.77. The van der Waals surface area contributed by atoms with Crippen molar-refractivity contribution < 1.29 is 13.7 Å². The molecule has 1 amide bonds. The van der Waals surface area contributed by atoms with E-state index >= 15 is 0 Å². The quantitative estimate of drug-likeness (QED) is 0.747. The first-order chi connectivity index (χ1) is 8.72. The summed E-state index contributed by atoms with van der Waals surface area (Å²) in [6.07, 6.45) is 0. The number of amides is 1. The number of para-hydroxylation sites is 2. The summed E-state index contributed by atoms with van der Waals surface area (Å²) >= 11 is 0. The summed E-state index contributed by atoms with van der Waals surface area (Å²) in [7, 11) is 0. The standard InChI is InChI=1S/C12H9N3O3/c1-7-6-10(18-15-7)14-11(16)12-13-8-4-2-3-5-9(8)17-12/h2-6H,1H3,(H,14,16). The van der Waals surface area contributed by atoms with Gasteiger partial charge in [-0.05, 0) is 19.1 Å². The first-order valence-corrected chi connectivity index (χ1v) is 5.32. The van der Waals surface area contributed by atoms with Crippen LogP contribution in [0.5, 0.6) is 0 Å². The fourth-order valence-electron chi connectivity index (χ4n) is 1.56. The highest BCUT2D eigenvalue weighted by molar-refractivity contribution is 6.01.